The van der Waals surface area contributed by atoms with E-state index < -0.39 is 0 Å². The molecule has 0 radical (unpaired) electrons. The Balaban J connectivity index is 2.93. The minimum atomic E-state index is 0.226. The van der Waals surface area contributed by atoms with E-state index in [4.69, 9.17) is 5.73 Å². The van der Waals surface area contributed by atoms with Crippen LogP contribution in [0.1, 0.15) is 5.56 Å². The summed E-state index contributed by atoms with van der Waals surface area (Å²) in [5.74, 6) is 0.700. The molecule has 62 valence electrons. The number of nitrogens with zero attached hydrogens (tertiary/aromatic N) is 1. The second-order valence-corrected chi connectivity index (χ2v) is 2.79. The van der Waals surface area contributed by atoms with E-state index in [-0.39, 0.29) is 5.75 Å². The molecule has 0 aliphatic heterocycles. The van der Waals surface area contributed by atoms with Crippen molar-refractivity contribution in [2.24, 2.45) is 0 Å². The van der Waals surface area contributed by atoms with Gasteiger partial charge in [-0.3, -0.25) is 5.10 Å². The third-order valence-electron chi connectivity index (χ3n) is 1.87. The van der Waals surface area contributed by atoms with E-state index in [1.54, 1.807) is 12.1 Å². The predicted octanol–water partition coefficient (Wildman–Crippen LogP) is 1.16. The smallest absolute Gasteiger partial charge is 0.153 e. The summed E-state index contributed by atoms with van der Waals surface area (Å²) < 4.78 is 0. The molecule has 0 amide bonds. The van der Waals surface area contributed by atoms with Crippen molar-refractivity contribution in [2.45, 2.75) is 6.92 Å². The first-order chi connectivity index (χ1) is 5.68. The van der Waals surface area contributed by atoms with E-state index in [9.17, 15) is 5.11 Å². The van der Waals surface area contributed by atoms with Crippen LogP contribution in [-0.2, 0) is 0 Å². The number of phenolic OH excluding ortho intramolecular Hbond substituents is 1. The zero-order chi connectivity index (χ0) is 8.72. The van der Waals surface area contributed by atoms with Crippen molar-refractivity contribution in [3.63, 3.8) is 0 Å². The fourth-order valence-electron chi connectivity index (χ4n) is 1.37. The zero-order valence-corrected chi connectivity index (χ0v) is 6.63. The van der Waals surface area contributed by atoms with Gasteiger partial charge >= 0.3 is 0 Å². The molecule has 0 fully saturated rings. The summed E-state index contributed by atoms with van der Waals surface area (Å²) in [5.41, 5.74) is 7.30. The molecule has 0 aliphatic carbocycles. The van der Waals surface area contributed by atoms with Crippen molar-refractivity contribution in [1.29, 1.82) is 0 Å². The largest absolute Gasteiger partial charge is 0.508 e. The fourth-order valence-corrected chi connectivity index (χ4v) is 1.37. The lowest BCUT2D eigenvalue weighted by Gasteiger charge is -1.97. The number of aromatic hydroxyl groups is 1. The maximum absolute atomic E-state index is 9.23. The first-order valence-corrected chi connectivity index (χ1v) is 3.61. The van der Waals surface area contributed by atoms with Crippen molar-refractivity contribution < 1.29 is 5.11 Å². The van der Waals surface area contributed by atoms with Gasteiger partial charge in [-0.25, -0.2) is 0 Å². The van der Waals surface area contributed by atoms with Gasteiger partial charge in [0.25, 0.3) is 0 Å². The van der Waals surface area contributed by atoms with Crippen LogP contribution in [0.5, 0.6) is 5.75 Å². The lowest BCUT2D eigenvalue weighted by Crippen LogP contribution is -1.85. The van der Waals surface area contributed by atoms with Gasteiger partial charge in [-0.05, 0) is 18.6 Å². The van der Waals surface area contributed by atoms with Gasteiger partial charge in [0.15, 0.2) is 5.82 Å². The van der Waals surface area contributed by atoms with Gasteiger partial charge in [-0.1, -0.05) is 0 Å². The molecule has 2 rings (SSSR count). The molecule has 4 nitrogen and oxygen atoms in total. The van der Waals surface area contributed by atoms with Crippen molar-refractivity contribution >= 4 is 16.7 Å². The minimum Gasteiger partial charge on any atom is -0.508 e. The third-order valence-corrected chi connectivity index (χ3v) is 1.87. The molecule has 1 heterocycles. The molecule has 1 aromatic heterocycles. The lowest BCUT2D eigenvalue weighted by molar-refractivity contribution is 0.475. The number of hydrogen-bond donors (Lipinski definition) is 3. The Morgan fingerprint density at radius 2 is 2.25 bits per heavy atom. The average Bonchev–Trinajstić information content (AvgIpc) is 2.31. The topological polar surface area (TPSA) is 74.9 Å². The van der Waals surface area contributed by atoms with Crippen LogP contribution in [0.2, 0.25) is 0 Å². The highest BCUT2D eigenvalue weighted by Crippen LogP contribution is 2.26. The van der Waals surface area contributed by atoms with Gasteiger partial charge in [0.2, 0.25) is 0 Å². The number of aryl methyl sites for hydroxylation is 1. The Hall–Kier alpha value is -1.71. The van der Waals surface area contributed by atoms with Crippen LogP contribution >= 0.6 is 0 Å². The highest BCUT2D eigenvalue weighted by atomic mass is 16.3. The first kappa shape index (κ1) is 6.97. The van der Waals surface area contributed by atoms with E-state index in [0.717, 1.165) is 16.5 Å². The van der Waals surface area contributed by atoms with E-state index >= 15 is 0 Å². The molecule has 12 heavy (non-hydrogen) atoms. The van der Waals surface area contributed by atoms with Gasteiger partial charge in [0, 0.05) is 11.5 Å². The Labute approximate surface area is 69.0 Å². The minimum absolute atomic E-state index is 0.226. The van der Waals surface area contributed by atoms with Crippen LogP contribution in [0, 0.1) is 6.92 Å². The maximum Gasteiger partial charge on any atom is 0.153 e. The molecule has 2 aromatic rings. The van der Waals surface area contributed by atoms with Crippen LogP contribution in [0.15, 0.2) is 12.1 Å². The number of rotatable bonds is 0. The van der Waals surface area contributed by atoms with E-state index in [2.05, 4.69) is 10.2 Å². The number of nitrogen functional groups attached to an aromatic ring is 1. The number of anilines is 1. The van der Waals surface area contributed by atoms with Crippen LogP contribution in [0.4, 0.5) is 5.82 Å². The molecule has 1 aromatic carbocycles. The monoisotopic (exact) mass is 163 g/mol. The lowest BCUT2D eigenvalue weighted by atomic mass is 10.1. The number of hydrogen-bond acceptors (Lipinski definition) is 3. The third kappa shape index (κ3) is 0.812. The first-order valence-electron chi connectivity index (χ1n) is 3.61. The molecule has 0 unspecified atom stereocenters. The second kappa shape index (κ2) is 2.14. The fraction of sp³-hybridized carbons (Fsp3) is 0.125. The van der Waals surface area contributed by atoms with Crippen molar-refractivity contribution in [3.8, 4) is 5.75 Å². The summed E-state index contributed by atoms with van der Waals surface area (Å²) >= 11 is 0. The highest BCUT2D eigenvalue weighted by molar-refractivity contribution is 5.92. The standard InChI is InChI=1S/C8H9N3O/c1-4-2-5(12)3-6-7(4)8(9)11-10-6/h2-3,12H,1H3,(H3,9,10,11). The van der Waals surface area contributed by atoms with Gasteiger partial charge in [-0.15, -0.1) is 0 Å². The van der Waals surface area contributed by atoms with Crippen molar-refractivity contribution in [2.75, 3.05) is 5.73 Å². The molecular formula is C8H9N3O. The highest BCUT2D eigenvalue weighted by Gasteiger charge is 2.05. The van der Waals surface area contributed by atoms with Crippen molar-refractivity contribution in [3.05, 3.63) is 17.7 Å². The number of aromatic nitrogens is 2. The Bertz CT molecular complexity index is 433. The number of phenols is 1. The molecule has 0 bridgehead atoms. The summed E-state index contributed by atoms with van der Waals surface area (Å²) in [7, 11) is 0. The molecule has 4 N–H and O–H groups in total. The van der Waals surface area contributed by atoms with Crippen LogP contribution in [0.25, 0.3) is 10.9 Å². The number of aromatic amines is 1. The molecule has 0 saturated carbocycles. The summed E-state index contributed by atoms with van der Waals surface area (Å²) in [6.07, 6.45) is 0. The molecule has 0 saturated heterocycles. The Kier molecular flexibility index (Phi) is 1.24. The summed E-state index contributed by atoms with van der Waals surface area (Å²) in [6.45, 7) is 1.88. The SMILES string of the molecule is Cc1cc(O)cc2[nH]nc(N)c12. The van der Waals surface area contributed by atoms with Gasteiger partial charge in [0.05, 0.1) is 5.52 Å². The summed E-state index contributed by atoms with van der Waals surface area (Å²) in [6, 6.07) is 3.26. The van der Waals surface area contributed by atoms with Crippen LogP contribution in [-0.4, -0.2) is 15.3 Å². The van der Waals surface area contributed by atoms with Crippen LogP contribution < -0.4 is 5.73 Å². The molecular weight excluding hydrogens is 154 g/mol. The normalized spacial score (nSPS) is 10.8. The van der Waals surface area contributed by atoms with Gasteiger partial charge < -0.3 is 10.8 Å². The predicted molar refractivity (Wildman–Crippen MR) is 46.9 cm³/mol. The summed E-state index contributed by atoms with van der Waals surface area (Å²) in [5, 5.41) is 16.7. The number of H-pyrrole nitrogens is 1. The summed E-state index contributed by atoms with van der Waals surface area (Å²) in [4.78, 5) is 0. The molecule has 0 aliphatic rings. The molecule has 0 atom stereocenters. The van der Waals surface area contributed by atoms with E-state index in [0.29, 0.717) is 5.82 Å². The van der Waals surface area contributed by atoms with Gasteiger partial charge in [0.1, 0.15) is 5.75 Å². The Morgan fingerprint density at radius 1 is 1.50 bits per heavy atom. The Morgan fingerprint density at radius 3 is 3.00 bits per heavy atom. The number of nitrogens with one attached hydrogen (secondary N) is 1. The van der Waals surface area contributed by atoms with Crippen molar-refractivity contribution in [1.82, 2.24) is 10.2 Å². The number of benzene rings is 1. The zero-order valence-electron chi connectivity index (χ0n) is 6.63. The van der Waals surface area contributed by atoms with Gasteiger partial charge in [-0.2, -0.15) is 5.10 Å². The van der Waals surface area contributed by atoms with E-state index in [1.807, 2.05) is 6.92 Å². The quantitative estimate of drug-likeness (QED) is 0.545. The number of fused-ring (bicyclic) bond motifs is 1. The number of nitrogens with two attached hydrogens (primary N) is 1. The second-order valence-electron chi connectivity index (χ2n) is 2.79. The van der Waals surface area contributed by atoms with Crippen LogP contribution in [0.3, 0.4) is 0 Å². The van der Waals surface area contributed by atoms with E-state index in [1.165, 1.54) is 0 Å². The molecule has 4 heteroatoms. The molecule has 0 spiro atoms. The average molecular weight is 163 g/mol. The maximum atomic E-state index is 9.23.